The molecule has 0 unspecified atom stereocenters. The number of nitrogens with zero attached hydrogens (tertiary/aromatic N) is 1. The largest absolute Gasteiger partial charge is 0.744 e. The first-order valence-corrected chi connectivity index (χ1v) is 19.5. The van der Waals surface area contributed by atoms with Gasteiger partial charge in [-0.15, -0.1) is 0 Å². The summed E-state index contributed by atoms with van der Waals surface area (Å²) in [5.41, 5.74) is 3.08. The molecule has 2 heterocycles. The van der Waals surface area contributed by atoms with E-state index < -0.39 is 10.1 Å². The normalized spacial score (nSPS) is 16.6. The van der Waals surface area contributed by atoms with Gasteiger partial charge < -0.3 is 18.8 Å². The molecule has 44 heavy (non-hydrogen) atoms. The van der Waals surface area contributed by atoms with E-state index in [1.54, 1.807) is 23.5 Å². The summed E-state index contributed by atoms with van der Waals surface area (Å²) in [6.45, 7) is 7.36. The number of hydrogen-bond donors (Lipinski definition) is 0. The van der Waals surface area contributed by atoms with Crippen LogP contribution in [-0.4, -0.2) is 45.2 Å². The quantitative estimate of drug-likeness (QED) is 0.0640. The molecule has 1 aliphatic heterocycles. The number of aryl methyl sites for hydroxylation is 2. The van der Waals surface area contributed by atoms with Gasteiger partial charge in [0.05, 0.1) is 23.5 Å². The van der Waals surface area contributed by atoms with E-state index in [2.05, 4.69) is 28.6 Å². The van der Waals surface area contributed by atoms with Gasteiger partial charge in [0.1, 0.15) is 22.8 Å². The van der Waals surface area contributed by atoms with Crippen LogP contribution in [0.25, 0.3) is 0 Å². The summed E-state index contributed by atoms with van der Waals surface area (Å²) < 4.78 is 51.0. The van der Waals surface area contributed by atoms with E-state index in [-0.39, 0.29) is 17.3 Å². The van der Waals surface area contributed by atoms with Crippen molar-refractivity contribution in [3.63, 3.8) is 0 Å². The molecule has 0 bridgehead atoms. The van der Waals surface area contributed by atoms with Crippen molar-refractivity contribution in [3.8, 4) is 0 Å². The fourth-order valence-electron chi connectivity index (χ4n) is 5.24. The average molecular weight is 654 g/mol. The molecule has 0 radical (unpaired) electrons. The molecular formula is C35H59NO6S2. The SMILES string of the molecule is CCCCCCCCCCCCCCCCC[C@@H]1OC[C@@H](COCCCC[n+]2ccsc2)O1.Cc1ccc(S(=O)(=O)[O-])cc1. The van der Waals surface area contributed by atoms with Crippen molar-refractivity contribution in [1.82, 2.24) is 0 Å². The minimum atomic E-state index is -4.27. The van der Waals surface area contributed by atoms with Gasteiger partial charge in [-0.1, -0.05) is 126 Å². The Morgan fingerprint density at radius 3 is 2.00 bits per heavy atom. The topological polar surface area (TPSA) is 88.8 Å². The molecule has 9 heteroatoms. The standard InChI is InChI=1S/C28H52NO3S.C7H8O3S/c1-2-3-4-5-6-7-8-9-10-11-12-13-14-15-16-19-28-31-25-27(32-28)24-30-22-18-17-20-29-21-23-33-26-29;1-6-2-4-7(5-3-6)11(8,9)10/h21,23,26-28H,2-20,22,24-25H2,1H3;2-5H,1H3,(H,8,9,10)/q+1;/p-1/t27-,28-;/m1./s1. The predicted octanol–water partition coefficient (Wildman–Crippen LogP) is 8.73. The van der Waals surface area contributed by atoms with Crippen molar-refractivity contribution in [2.45, 2.75) is 153 Å². The van der Waals surface area contributed by atoms with Crippen LogP contribution in [0, 0.1) is 6.92 Å². The summed E-state index contributed by atoms with van der Waals surface area (Å²) in [7, 11) is -4.27. The van der Waals surface area contributed by atoms with Gasteiger partial charge in [0, 0.05) is 13.0 Å². The van der Waals surface area contributed by atoms with Crippen molar-refractivity contribution < 1.29 is 31.7 Å². The highest BCUT2D eigenvalue weighted by atomic mass is 32.2. The highest BCUT2D eigenvalue weighted by Crippen LogP contribution is 2.19. The van der Waals surface area contributed by atoms with Crippen LogP contribution in [0.2, 0.25) is 0 Å². The Bertz CT molecular complexity index is 1030. The Balaban J connectivity index is 0.000000514. The molecule has 0 saturated carbocycles. The summed E-state index contributed by atoms with van der Waals surface area (Å²) in [6, 6.07) is 5.78. The molecule has 0 N–H and O–H groups in total. The lowest BCUT2D eigenvalue weighted by Crippen LogP contribution is -2.30. The van der Waals surface area contributed by atoms with Crippen LogP contribution < -0.4 is 4.57 Å². The zero-order chi connectivity index (χ0) is 31.7. The van der Waals surface area contributed by atoms with Gasteiger partial charge in [-0.2, -0.15) is 4.57 Å². The number of aromatic nitrogens is 1. The highest BCUT2D eigenvalue weighted by molar-refractivity contribution is 7.85. The molecule has 1 aliphatic rings. The summed E-state index contributed by atoms with van der Waals surface area (Å²) in [4.78, 5) is -0.178. The molecule has 0 amide bonds. The molecule has 0 aliphatic carbocycles. The maximum Gasteiger partial charge on any atom is 0.224 e. The first-order chi connectivity index (χ1) is 21.4. The first-order valence-electron chi connectivity index (χ1n) is 17.2. The Labute approximate surface area is 272 Å². The van der Waals surface area contributed by atoms with E-state index in [1.165, 1.54) is 108 Å². The zero-order valence-corrected chi connectivity index (χ0v) is 29.1. The van der Waals surface area contributed by atoms with E-state index >= 15 is 0 Å². The van der Waals surface area contributed by atoms with Crippen molar-refractivity contribution in [2.24, 2.45) is 0 Å². The zero-order valence-electron chi connectivity index (χ0n) is 27.5. The summed E-state index contributed by atoms with van der Waals surface area (Å²) in [6.07, 6.45) is 26.6. The Hall–Kier alpha value is -1.36. The number of hydrogen-bond acceptors (Lipinski definition) is 7. The monoisotopic (exact) mass is 653 g/mol. The molecule has 1 aromatic heterocycles. The van der Waals surface area contributed by atoms with Crippen molar-refractivity contribution in [2.75, 3.05) is 19.8 Å². The van der Waals surface area contributed by atoms with E-state index in [0.29, 0.717) is 13.2 Å². The highest BCUT2D eigenvalue weighted by Gasteiger charge is 2.25. The van der Waals surface area contributed by atoms with Crippen molar-refractivity contribution >= 4 is 21.5 Å². The third-order valence-corrected chi connectivity index (χ3v) is 9.47. The fourth-order valence-corrected chi connectivity index (χ4v) is 6.33. The minimum absolute atomic E-state index is 0.00411. The van der Waals surface area contributed by atoms with Crippen LogP contribution in [0.3, 0.4) is 0 Å². The van der Waals surface area contributed by atoms with Gasteiger partial charge in [-0.3, -0.25) is 0 Å². The lowest BCUT2D eigenvalue weighted by Gasteiger charge is -2.11. The maximum atomic E-state index is 10.4. The van der Waals surface area contributed by atoms with Gasteiger partial charge in [-0.05, 0) is 38.3 Å². The third-order valence-electron chi connectivity index (χ3n) is 7.95. The molecule has 252 valence electrons. The van der Waals surface area contributed by atoms with Crippen molar-refractivity contribution in [1.29, 1.82) is 0 Å². The van der Waals surface area contributed by atoms with E-state index in [4.69, 9.17) is 14.2 Å². The molecule has 2 aromatic rings. The third kappa shape index (κ3) is 19.9. The first kappa shape index (κ1) is 38.8. The second-order valence-corrected chi connectivity index (χ2v) is 14.2. The summed E-state index contributed by atoms with van der Waals surface area (Å²) in [5, 5.41) is 2.11. The molecular weight excluding hydrogens is 595 g/mol. The molecule has 2 atom stereocenters. The molecule has 3 rings (SSSR count). The van der Waals surface area contributed by atoms with Gasteiger partial charge in [0.15, 0.2) is 12.5 Å². The van der Waals surface area contributed by atoms with Crippen LogP contribution in [0.5, 0.6) is 0 Å². The maximum absolute atomic E-state index is 10.4. The number of thiazole rings is 1. The van der Waals surface area contributed by atoms with Gasteiger partial charge in [0.2, 0.25) is 5.51 Å². The second kappa shape index (κ2) is 24.8. The van der Waals surface area contributed by atoms with E-state index in [9.17, 15) is 13.0 Å². The lowest BCUT2D eigenvalue weighted by atomic mass is 10.0. The minimum Gasteiger partial charge on any atom is -0.744 e. The second-order valence-electron chi connectivity index (χ2n) is 12.1. The lowest BCUT2D eigenvalue weighted by molar-refractivity contribution is -0.692. The van der Waals surface area contributed by atoms with Crippen LogP contribution in [0.4, 0.5) is 0 Å². The molecule has 7 nitrogen and oxygen atoms in total. The van der Waals surface area contributed by atoms with E-state index in [1.807, 2.05) is 6.92 Å². The average Bonchev–Trinajstić information content (AvgIpc) is 3.69. The van der Waals surface area contributed by atoms with Gasteiger partial charge in [0.25, 0.3) is 0 Å². The predicted molar refractivity (Wildman–Crippen MR) is 178 cm³/mol. The number of benzene rings is 1. The van der Waals surface area contributed by atoms with Crippen LogP contribution in [0.1, 0.15) is 128 Å². The number of rotatable bonds is 24. The molecule has 1 aromatic carbocycles. The Morgan fingerprint density at radius 1 is 0.864 bits per heavy atom. The van der Waals surface area contributed by atoms with Crippen LogP contribution in [0.15, 0.2) is 46.2 Å². The fraction of sp³-hybridized carbons (Fsp3) is 0.743. The summed E-state index contributed by atoms with van der Waals surface area (Å²) >= 11 is 1.74. The molecule has 1 fully saturated rings. The number of ether oxygens (including phenoxy) is 3. The van der Waals surface area contributed by atoms with Gasteiger partial charge >= 0.3 is 0 Å². The van der Waals surface area contributed by atoms with Gasteiger partial charge in [-0.25, -0.2) is 8.42 Å². The van der Waals surface area contributed by atoms with Crippen LogP contribution in [-0.2, 0) is 30.9 Å². The Kier molecular flexibility index (Phi) is 21.9. The van der Waals surface area contributed by atoms with Crippen LogP contribution >= 0.6 is 11.3 Å². The Morgan fingerprint density at radius 2 is 1.45 bits per heavy atom. The smallest absolute Gasteiger partial charge is 0.224 e. The molecule has 1 saturated heterocycles. The summed E-state index contributed by atoms with van der Waals surface area (Å²) in [5.74, 6) is 0. The number of unbranched alkanes of at least 4 members (excludes halogenated alkanes) is 15. The van der Waals surface area contributed by atoms with E-state index in [0.717, 1.165) is 38.0 Å². The van der Waals surface area contributed by atoms with Crippen molar-refractivity contribution in [3.05, 3.63) is 46.9 Å². The molecule has 0 spiro atoms.